The predicted octanol–water partition coefficient (Wildman–Crippen LogP) is 3.05. The molecule has 0 aliphatic rings. The van der Waals surface area contributed by atoms with Crippen LogP contribution in [0.3, 0.4) is 0 Å². The Morgan fingerprint density at radius 2 is 2.03 bits per heavy atom. The van der Waals surface area contributed by atoms with E-state index in [1.807, 2.05) is 0 Å². The van der Waals surface area contributed by atoms with Gasteiger partial charge in [0, 0.05) is 16.6 Å². The van der Waals surface area contributed by atoms with Gasteiger partial charge in [-0.05, 0) is 25.1 Å². The lowest BCUT2D eigenvalue weighted by Gasteiger charge is -2.18. The molecule has 2 aromatic carbocycles. The van der Waals surface area contributed by atoms with E-state index < -0.39 is 29.3 Å². The van der Waals surface area contributed by atoms with E-state index in [1.165, 1.54) is 54.3 Å². The van der Waals surface area contributed by atoms with Crippen molar-refractivity contribution in [1.29, 1.82) is 0 Å². The molecule has 4 rings (SSSR count). The first kappa shape index (κ1) is 20.4. The number of hydrogen-bond donors (Lipinski definition) is 2. The molecule has 0 bridgehead atoms. The number of benzene rings is 2. The molecule has 31 heavy (non-hydrogen) atoms. The highest BCUT2D eigenvalue weighted by atomic mass is 19.1. The van der Waals surface area contributed by atoms with Crippen molar-refractivity contribution in [2.75, 3.05) is 0 Å². The van der Waals surface area contributed by atoms with Crippen LogP contribution >= 0.6 is 0 Å². The van der Waals surface area contributed by atoms with Crippen LogP contribution in [0.15, 0.2) is 64.1 Å². The number of aliphatic hydroxyl groups excluding tert-OH is 1. The second-order valence-electron chi connectivity index (χ2n) is 6.87. The quantitative estimate of drug-likeness (QED) is 0.479. The number of rotatable bonds is 5. The first-order valence-corrected chi connectivity index (χ1v) is 9.31. The molecular weight excluding hydrogens is 408 g/mol. The van der Waals surface area contributed by atoms with Gasteiger partial charge in [-0.3, -0.25) is 9.59 Å². The third-order valence-corrected chi connectivity index (χ3v) is 4.94. The molecule has 0 saturated carbocycles. The molecule has 0 spiro atoms. The summed E-state index contributed by atoms with van der Waals surface area (Å²) >= 11 is 0. The van der Waals surface area contributed by atoms with Crippen molar-refractivity contribution in [3.8, 4) is 0 Å². The second-order valence-corrected chi connectivity index (χ2v) is 6.87. The highest BCUT2D eigenvalue weighted by Gasteiger charge is 2.23. The van der Waals surface area contributed by atoms with Crippen LogP contribution in [0.5, 0.6) is 0 Å². The van der Waals surface area contributed by atoms with Crippen molar-refractivity contribution in [3.63, 3.8) is 0 Å². The van der Waals surface area contributed by atoms with E-state index in [1.54, 1.807) is 0 Å². The molecule has 0 fully saturated rings. The van der Waals surface area contributed by atoms with Crippen molar-refractivity contribution in [1.82, 2.24) is 14.9 Å². The maximum atomic E-state index is 14.6. The summed E-state index contributed by atoms with van der Waals surface area (Å²) in [5, 5.41) is 12.5. The first-order chi connectivity index (χ1) is 14.9. The van der Waals surface area contributed by atoms with E-state index in [9.17, 15) is 23.5 Å². The molecule has 2 N–H and O–H groups in total. The summed E-state index contributed by atoms with van der Waals surface area (Å²) < 4.78 is 34.4. The molecule has 9 heteroatoms. The van der Waals surface area contributed by atoms with Crippen LogP contribution in [0.1, 0.15) is 33.7 Å². The Morgan fingerprint density at radius 1 is 1.26 bits per heavy atom. The third kappa shape index (κ3) is 3.82. The number of halogens is 2. The standard InChI is InChI=1S/C22H17F2N3O4/c1-12-18(21(29)26-20(28)13-4-2-5-14(23)10-13)15-6-3-7-16(24)19(15)22(30)27(12)11-17-25-8-9-31-17/h2-10,20,28H,11H2,1H3,(H,26,29)/t20-/m0/s1. The van der Waals surface area contributed by atoms with Gasteiger partial charge in [-0.25, -0.2) is 13.8 Å². The SMILES string of the molecule is Cc1c(C(=O)N[C@@H](O)c2cccc(F)c2)c2cccc(F)c2c(=O)n1Cc1ncco1. The summed E-state index contributed by atoms with van der Waals surface area (Å²) in [5.74, 6) is -1.92. The van der Waals surface area contributed by atoms with Crippen LogP contribution < -0.4 is 10.9 Å². The molecule has 0 aliphatic carbocycles. The minimum Gasteiger partial charge on any atom is -0.447 e. The molecule has 0 aliphatic heterocycles. The zero-order chi connectivity index (χ0) is 22.1. The molecule has 0 unspecified atom stereocenters. The first-order valence-electron chi connectivity index (χ1n) is 9.31. The van der Waals surface area contributed by atoms with E-state index in [0.29, 0.717) is 0 Å². The predicted molar refractivity (Wildman–Crippen MR) is 107 cm³/mol. The fourth-order valence-electron chi connectivity index (χ4n) is 3.47. The Morgan fingerprint density at radius 3 is 2.74 bits per heavy atom. The van der Waals surface area contributed by atoms with Gasteiger partial charge in [-0.15, -0.1) is 0 Å². The second kappa shape index (κ2) is 8.11. The Hall–Kier alpha value is -3.85. The number of pyridine rings is 1. The minimum absolute atomic E-state index is 0.00360. The number of aromatic nitrogens is 2. The van der Waals surface area contributed by atoms with Crippen LogP contribution in [0.25, 0.3) is 10.8 Å². The van der Waals surface area contributed by atoms with Crippen molar-refractivity contribution in [2.24, 2.45) is 0 Å². The largest absolute Gasteiger partial charge is 0.447 e. The lowest BCUT2D eigenvalue weighted by Crippen LogP contribution is -2.33. The summed E-state index contributed by atoms with van der Waals surface area (Å²) in [6.45, 7) is 1.41. The maximum absolute atomic E-state index is 14.6. The number of aliphatic hydroxyl groups is 1. The molecule has 2 aromatic heterocycles. The smallest absolute Gasteiger partial charge is 0.262 e. The molecule has 158 valence electrons. The number of nitrogens with zero attached hydrogens (tertiary/aromatic N) is 2. The van der Waals surface area contributed by atoms with Gasteiger partial charge in [0.15, 0.2) is 6.23 Å². The number of hydrogen-bond acceptors (Lipinski definition) is 5. The number of carbonyl (C=O) groups excluding carboxylic acids is 1. The van der Waals surface area contributed by atoms with Gasteiger partial charge in [0.25, 0.3) is 11.5 Å². The van der Waals surface area contributed by atoms with Gasteiger partial charge in [0.05, 0.1) is 17.1 Å². The number of nitrogens with one attached hydrogen (secondary N) is 1. The maximum Gasteiger partial charge on any atom is 0.262 e. The number of carbonyl (C=O) groups is 1. The Bertz CT molecular complexity index is 1330. The summed E-state index contributed by atoms with van der Waals surface area (Å²) in [4.78, 5) is 30.0. The molecule has 4 aromatic rings. The van der Waals surface area contributed by atoms with E-state index in [0.717, 1.165) is 12.1 Å². The summed E-state index contributed by atoms with van der Waals surface area (Å²) in [6, 6.07) is 9.09. The van der Waals surface area contributed by atoms with Crippen LogP contribution in [0.4, 0.5) is 8.78 Å². The molecule has 0 saturated heterocycles. The molecule has 2 heterocycles. The van der Waals surface area contributed by atoms with Crippen molar-refractivity contribution < 1.29 is 23.1 Å². The average molecular weight is 425 g/mol. The number of oxazole rings is 1. The highest BCUT2D eigenvalue weighted by Crippen LogP contribution is 2.23. The molecule has 0 radical (unpaired) electrons. The summed E-state index contributed by atoms with van der Waals surface area (Å²) in [7, 11) is 0. The van der Waals surface area contributed by atoms with Gasteiger partial charge < -0.3 is 19.4 Å². The van der Waals surface area contributed by atoms with E-state index in [2.05, 4.69) is 10.3 Å². The minimum atomic E-state index is -1.52. The monoisotopic (exact) mass is 425 g/mol. The van der Waals surface area contributed by atoms with E-state index >= 15 is 0 Å². The van der Waals surface area contributed by atoms with Crippen LogP contribution in [-0.2, 0) is 6.54 Å². The van der Waals surface area contributed by atoms with Crippen molar-refractivity contribution in [3.05, 3.63) is 99.6 Å². The van der Waals surface area contributed by atoms with E-state index in [-0.39, 0.29) is 40.0 Å². The van der Waals surface area contributed by atoms with Crippen molar-refractivity contribution in [2.45, 2.75) is 19.7 Å². The summed E-state index contributed by atoms with van der Waals surface area (Å²) in [5.41, 5.74) is -0.290. The zero-order valence-corrected chi connectivity index (χ0v) is 16.3. The van der Waals surface area contributed by atoms with Gasteiger partial charge in [-0.2, -0.15) is 0 Å². The van der Waals surface area contributed by atoms with Gasteiger partial charge >= 0.3 is 0 Å². The van der Waals surface area contributed by atoms with E-state index in [4.69, 9.17) is 4.42 Å². The van der Waals surface area contributed by atoms with Crippen LogP contribution in [-0.4, -0.2) is 20.6 Å². The third-order valence-electron chi connectivity index (χ3n) is 4.94. The zero-order valence-electron chi connectivity index (χ0n) is 16.3. The Balaban J connectivity index is 1.83. The van der Waals surface area contributed by atoms with Gasteiger partial charge in [0.1, 0.15) is 24.4 Å². The topological polar surface area (TPSA) is 97.4 Å². The molecule has 1 amide bonds. The molecule has 1 atom stereocenters. The summed E-state index contributed by atoms with van der Waals surface area (Å²) in [6.07, 6.45) is 1.22. The fraction of sp³-hybridized carbons (Fsp3) is 0.136. The number of amides is 1. The molecular formula is C22H17F2N3O4. The lowest BCUT2D eigenvalue weighted by molar-refractivity contribution is 0.0783. The van der Waals surface area contributed by atoms with Gasteiger partial charge in [-0.1, -0.05) is 24.3 Å². The highest BCUT2D eigenvalue weighted by molar-refractivity contribution is 6.08. The fourth-order valence-corrected chi connectivity index (χ4v) is 3.47. The van der Waals surface area contributed by atoms with Crippen LogP contribution in [0.2, 0.25) is 0 Å². The average Bonchev–Trinajstić information content (AvgIpc) is 3.24. The van der Waals surface area contributed by atoms with Gasteiger partial charge in [0.2, 0.25) is 5.89 Å². The van der Waals surface area contributed by atoms with Crippen LogP contribution in [0, 0.1) is 18.6 Å². The number of fused-ring (bicyclic) bond motifs is 1. The van der Waals surface area contributed by atoms with Crippen molar-refractivity contribution >= 4 is 16.7 Å². The Labute approximate surface area is 174 Å². The lowest BCUT2D eigenvalue weighted by atomic mass is 10.0. The molecule has 7 nitrogen and oxygen atoms in total. The Kier molecular flexibility index (Phi) is 5.35. The normalized spacial score (nSPS) is 12.1.